The van der Waals surface area contributed by atoms with E-state index in [0.717, 1.165) is 18.5 Å². The maximum atomic E-state index is 14.1. The first-order chi connectivity index (χ1) is 9.58. The SMILES string of the molecule is CC(C)N(C)c1ccc(NCC2CCC=CO2)cc1F. The van der Waals surface area contributed by atoms with Crippen molar-refractivity contribution in [2.45, 2.75) is 38.8 Å². The van der Waals surface area contributed by atoms with Crippen molar-refractivity contribution < 1.29 is 9.13 Å². The van der Waals surface area contributed by atoms with E-state index >= 15 is 0 Å². The molecule has 0 saturated heterocycles. The van der Waals surface area contributed by atoms with Crippen LogP contribution in [-0.4, -0.2) is 25.7 Å². The molecule has 0 fully saturated rings. The lowest BCUT2D eigenvalue weighted by Crippen LogP contribution is -2.26. The highest BCUT2D eigenvalue weighted by molar-refractivity contribution is 5.56. The van der Waals surface area contributed by atoms with Gasteiger partial charge < -0.3 is 15.0 Å². The number of allylic oxidation sites excluding steroid dienone is 1. The summed E-state index contributed by atoms with van der Waals surface area (Å²) >= 11 is 0. The first-order valence-corrected chi connectivity index (χ1v) is 7.14. The number of halogens is 1. The Kier molecular flexibility index (Phi) is 4.88. The minimum absolute atomic E-state index is 0.168. The number of hydrogen-bond acceptors (Lipinski definition) is 3. The van der Waals surface area contributed by atoms with Crippen LogP contribution in [0, 0.1) is 5.82 Å². The van der Waals surface area contributed by atoms with Crippen molar-refractivity contribution in [1.82, 2.24) is 0 Å². The lowest BCUT2D eigenvalue weighted by atomic mass is 10.1. The second-order valence-electron chi connectivity index (χ2n) is 5.46. The Morgan fingerprint density at radius 2 is 2.25 bits per heavy atom. The maximum Gasteiger partial charge on any atom is 0.148 e. The van der Waals surface area contributed by atoms with Crippen molar-refractivity contribution in [2.75, 3.05) is 23.8 Å². The topological polar surface area (TPSA) is 24.5 Å². The summed E-state index contributed by atoms with van der Waals surface area (Å²) in [6, 6.07) is 5.55. The first-order valence-electron chi connectivity index (χ1n) is 7.14. The van der Waals surface area contributed by atoms with Gasteiger partial charge in [-0.3, -0.25) is 0 Å². The minimum atomic E-state index is -0.198. The number of hydrogen-bond donors (Lipinski definition) is 1. The number of benzene rings is 1. The zero-order valence-electron chi connectivity index (χ0n) is 12.4. The average molecular weight is 278 g/mol. The Bertz CT molecular complexity index is 474. The molecular weight excluding hydrogens is 255 g/mol. The summed E-state index contributed by atoms with van der Waals surface area (Å²) in [5.41, 5.74) is 1.42. The van der Waals surface area contributed by atoms with E-state index in [2.05, 4.69) is 5.32 Å². The Morgan fingerprint density at radius 1 is 1.45 bits per heavy atom. The summed E-state index contributed by atoms with van der Waals surface area (Å²) in [5.74, 6) is -0.198. The zero-order valence-corrected chi connectivity index (χ0v) is 12.4. The predicted molar refractivity (Wildman–Crippen MR) is 81.7 cm³/mol. The zero-order chi connectivity index (χ0) is 14.5. The molecule has 3 nitrogen and oxygen atoms in total. The number of rotatable bonds is 5. The lowest BCUT2D eigenvalue weighted by molar-refractivity contribution is 0.135. The minimum Gasteiger partial charge on any atom is -0.497 e. The van der Waals surface area contributed by atoms with E-state index in [1.807, 2.05) is 44.0 Å². The maximum absolute atomic E-state index is 14.1. The predicted octanol–water partition coefficient (Wildman–Crippen LogP) is 3.77. The number of anilines is 2. The van der Waals surface area contributed by atoms with E-state index in [9.17, 15) is 4.39 Å². The van der Waals surface area contributed by atoms with Gasteiger partial charge in [-0.05, 0) is 51.0 Å². The van der Waals surface area contributed by atoms with Crippen LogP contribution in [0.1, 0.15) is 26.7 Å². The molecular formula is C16H23FN2O. The molecule has 0 saturated carbocycles. The van der Waals surface area contributed by atoms with Gasteiger partial charge in [0.15, 0.2) is 0 Å². The van der Waals surface area contributed by atoms with Gasteiger partial charge in [0, 0.05) is 18.8 Å². The fourth-order valence-electron chi connectivity index (χ4n) is 2.15. The normalized spacial score (nSPS) is 17.9. The van der Waals surface area contributed by atoms with Crippen LogP contribution < -0.4 is 10.2 Å². The van der Waals surface area contributed by atoms with Gasteiger partial charge in [-0.15, -0.1) is 0 Å². The summed E-state index contributed by atoms with van der Waals surface area (Å²) in [4.78, 5) is 1.92. The first kappa shape index (κ1) is 14.7. The van der Waals surface area contributed by atoms with Gasteiger partial charge >= 0.3 is 0 Å². The second-order valence-corrected chi connectivity index (χ2v) is 5.46. The third-order valence-corrected chi connectivity index (χ3v) is 3.66. The summed E-state index contributed by atoms with van der Waals surface area (Å²) in [6.07, 6.45) is 5.98. The molecule has 110 valence electrons. The van der Waals surface area contributed by atoms with Gasteiger partial charge in [-0.1, -0.05) is 0 Å². The van der Waals surface area contributed by atoms with Crippen LogP contribution in [0.5, 0.6) is 0 Å². The molecule has 1 aliphatic rings. The second kappa shape index (κ2) is 6.64. The van der Waals surface area contributed by atoms with Crippen molar-refractivity contribution in [3.8, 4) is 0 Å². The third-order valence-electron chi connectivity index (χ3n) is 3.66. The molecule has 0 bridgehead atoms. The summed E-state index contributed by atoms with van der Waals surface area (Å²) in [7, 11) is 1.90. The monoisotopic (exact) mass is 278 g/mol. The number of nitrogens with zero attached hydrogens (tertiary/aromatic N) is 1. The van der Waals surface area contributed by atoms with Crippen LogP contribution in [0.4, 0.5) is 15.8 Å². The molecule has 20 heavy (non-hydrogen) atoms. The Morgan fingerprint density at radius 3 is 2.85 bits per heavy atom. The molecule has 0 radical (unpaired) electrons. The van der Waals surface area contributed by atoms with E-state index in [4.69, 9.17) is 4.74 Å². The van der Waals surface area contributed by atoms with Gasteiger partial charge in [-0.2, -0.15) is 0 Å². The van der Waals surface area contributed by atoms with Crippen molar-refractivity contribution in [1.29, 1.82) is 0 Å². The molecule has 0 spiro atoms. The van der Waals surface area contributed by atoms with Gasteiger partial charge in [0.05, 0.1) is 18.5 Å². The van der Waals surface area contributed by atoms with Gasteiger partial charge in [0.25, 0.3) is 0 Å². The van der Waals surface area contributed by atoms with E-state index in [1.54, 1.807) is 12.3 Å². The molecule has 1 unspecified atom stereocenters. The highest BCUT2D eigenvalue weighted by Crippen LogP contribution is 2.23. The molecule has 1 aromatic carbocycles. The highest BCUT2D eigenvalue weighted by Gasteiger charge is 2.13. The van der Waals surface area contributed by atoms with Crippen LogP contribution >= 0.6 is 0 Å². The molecule has 0 aliphatic carbocycles. The quantitative estimate of drug-likeness (QED) is 0.887. The van der Waals surface area contributed by atoms with Crippen molar-refractivity contribution in [3.63, 3.8) is 0 Å². The van der Waals surface area contributed by atoms with Gasteiger partial charge in [-0.25, -0.2) is 4.39 Å². The van der Waals surface area contributed by atoms with Crippen LogP contribution in [0.15, 0.2) is 30.5 Å². The molecule has 1 atom stereocenters. The molecule has 1 aromatic rings. The molecule has 1 aliphatic heterocycles. The largest absolute Gasteiger partial charge is 0.497 e. The molecule has 1 N–H and O–H groups in total. The Balaban J connectivity index is 1.96. The van der Waals surface area contributed by atoms with E-state index in [-0.39, 0.29) is 18.0 Å². The van der Waals surface area contributed by atoms with Crippen molar-refractivity contribution >= 4 is 11.4 Å². The number of ether oxygens (including phenoxy) is 1. The summed E-state index contributed by atoms with van der Waals surface area (Å²) in [6.45, 7) is 4.78. The van der Waals surface area contributed by atoms with E-state index < -0.39 is 0 Å². The highest BCUT2D eigenvalue weighted by atomic mass is 19.1. The van der Waals surface area contributed by atoms with Crippen molar-refractivity contribution in [2.24, 2.45) is 0 Å². The van der Waals surface area contributed by atoms with Gasteiger partial charge in [0.1, 0.15) is 11.9 Å². The molecule has 4 heteroatoms. The Labute approximate surface area is 120 Å². The van der Waals surface area contributed by atoms with E-state index in [0.29, 0.717) is 12.2 Å². The van der Waals surface area contributed by atoms with Crippen LogP contribution in [0.2, 0.25) is 0 Å². The fraction of sp³-hybridized carbons (Fsp3) is 0.500. The van der Waals surface area contributed by atoms with Gasteiger partial charge in [0.2, 0.25) is 0 Å². The van der Waals surface area contributed by atoms with Crippen LogP contribution in [-0.2, 0) is 4.74 Å². The standard InChI is InChI=1S/C16H23FN2O/c1-12(2)19(3)16-8-7-13(10-15(16)17)18-11-14-6-4-5-9-20-14/h5,7-10,12,14,18H,4,6,11H2,1-3H3. The molecule has 2 rings (SSSR count). The number of nitrogens with one attached hydrogen (secondary N) is 1. The fourth-order valence-corrected chi connectivity index (χ4v) is 2.15. The third kappa shape index (κ3) is 3.65. The van der Waals surface area contributed by atoms with Crippen molar-refractivity contribution in [3.05, 3.63) is 36.4 Å². The average Bonchev–Trinajstić information content (AvgIpc) is 2.45. The lowest BCUT2D eigenvalue weighted by Gasteiger charge is -2.25. The molecule has 0 amide bonds. The molecule has 1 heterocycles. The van der Waals surface area contributed by atoms with Crippen LogP contribution in [0.25, 0.3) is 0 Å². The van der Waals surface area contributed by atoms with Crippen LogP contribution in [0.3, 0.4) is 0 Å². The Hall–Kier alpha value is -1.71. The summed E-state index contributed by atoms with van der Waals surface area (Å²) < 4.78 is 19.6. The van der Waals surface area contributed by atoms with E-state index in [1.165, 1.54) is 0 Å². The summed E-state index contributed by atoms with van der Waals surface area (Å²) in [5, 5.41) is 3.23. The molecule has 0 aromatic heterocycles. The smallest absolute Gasteiger partial charge is 0.148 e.